The maximum atomic E-state index is 14.1. The molecule has 6 N–H and O–H groups in total. The molecule has 0 aliphatic carbocycles. The quantitative estimate of drug-likeness (QED) is 0.395. The van der Waals surface area contributed by atoms with E-state index in [1.54, 1.807) is 0 Å². The Bertz CT molecular complexity index is 418. The minimum atomic E-state index is -2.85. The minimum absolute atomic E-state index is 0.701. The molecule has 2 heterocycles. The Labute approximate surface area is 108 Å². The number of nitrogens with zero attached hydrogens (tertiary/aromatic N) is 1. The van der Waals surface area contributed by atoms with E-state index in [1.165, 1.54) is 12.3 Å². The minimum Gasteiger partial charge on any atom is -0.390 e. The lowest BCUT2D eigenvalue weighted by Crippen LogP contribution is -2.59. The highest BCUT2D eigenvalue weighted by Crippen LogP contribution is 2.41. The molecule has 8 nitrogen and oxygen atoms in total. The number of hydrogen-bond donors (Lipinski definition) is 5. The Morgan fingerprint density at radius 2 is 2.32 bits per heavy atom. The Balaban J connectivity index is 2.30. The smallest absolute Gasteiger partial charge is 0.325 e. The van der Waals surface area contributed by atoms with Crippen molar-refractivity contribution in [1.82, 2.24) is 10.2 Å². The molecule has 2 aliphatic rings. The van der Waals surface area contributed by atoms with E-state index in [0.29, 0.717) is 0 Å². The van der Waals surface area contributed by atoms with Crippen molar-refractivity contribution in [3.63, 3.8) is 0 Å². The molecule has 2 aliphatic heterocycles. The van der Waals surface area contributed by atoms with Crippen molar-refractivity contribution in [3.05, 3.63) is 12.3 Å². The molecule has 0 saturated carbocycles. The summed E-state index contributed by atoms with van der Waals surface area (Å²) in [5.74, 6) is -2.85. The zero-order chi connectivity index (χ0) is 14.4. The molecule has 0 aromatic rings. The van der Waals surface area contributed by atoms with Crippen LogP contribution in [-0.4, -0.2) is 62.8 Å². The zero-order valence-corrected chi connectivity index (χ0v) is 10.2. The second kappa shape index (κ2) is 4.39. The number of hydrogen-bond acceptors (Lipinski definition) is 6. The molecular weight excluding hydrogens is 261 g/mol. The summed E-state index contributed by atoms with van der Waals surface area (Å²) in [6.07, 6.45) is -1.59. The van der Waals surface area contributed by atoms with Crippen LogP contribution in [0.15, 0.2) is 12.3 Å². The SMILES string of the molecule is C[C@]1(O)[C@H](N2C=CC(N)NC2=O)O[C@](F)(CO)[C@H]1O. The van der Waals surface area contributed by atoms with E-state index >= 15 is 0 Å². The molecule has 19 heavy (non-hydrogen) atoms. The Morgan fingerprint density at radius 3 is 2.79 bits per heavy atom. The van der Waals surface area contributed by atoms with Crippen LogP contribution in [0.4, 0.5) is 9.18 Å². The molecule has 0 bridgehead atoms. The third-order valence-electron chi connectivity index (χ3n) is 3.22. The van der Waals surface area contributed by atoms with Crippen molar-refractivity contribution in [2.75, 3.05) is 6.61 Å². The van der Waals surface area contributed by atoms with Gasteiger partial charge in [0, 0.05) is 6.20 Å². The summed E-state index contributed by atoms with van der Waals surface area (Å²) in [6, 6.07) is -0.713. The van der Waals surface area contributed by atoms with Gasteiger partial charge >= 0.3 is 6.03 Å². The van der Waals surface area contributed by atoms with E-state index in [0.717, 1.165) is 11.8 Å². The summed E-state index contributed by atoms with van der Waals surface area (Å²) < 4.78 is 18.9. The maximum absolute atomic E-state index is 14.1. The molecule has 2 rings (SSSR count). The van der Waals surface area contributed by atoms with Crippen LogP contribution in [0, 0.1) is 0 Å². The number of carbonyl (C=O) groups is 1. The first kappa shape index (κ1) is 14.2. The predicted molar refractivity (Wildman–Crippen MR) is 59.9 cm³/mol. The van der Waals surface area contributed by atoms with E-state index in [-0.39, 0.29) is 0 Å². The van der Waals surface area contributed by atoms with Crippen LogP contribution in [0.3, 0.4) is 0 Å². The molecule has 1 fully saturated rings. The second-order valence-corrected chi connectivity index (χ2v) is 4.77. The predicted octanol–water partition coefficient (Wildman–Crippen LogP) is -2.06. The molecule has 1 saturated heterocycles. The van der Waals surface area contributed by atoms with Crippen LogP contribution in [0.25, 0.3) is 0 Å². The number of urea groups is 1. The highest BCUT2D eigenvalue weighted by molar-refractivity contribution is 5.77. The van der Waals surface area contributed by atoms with Crippen LogP contribution in [0.5, 0.6) is 0 Å². The molecule has 0 radical (unpaired) electrons. The van der Waals surface area contributed by atoms with Crippen LogP contribution in [0.2, 0.25) is 0 Å². The third-order valence-corrected chi connectivity index (χ3v) is 3.22. The van der Waals surface area contributed by atoms with Crippen LogP contribution in [0.1, 0.15) is 6.92 Å². The summed E-state index contributed by atoms with van der Waals surface area (Å²) in [5.41, 5.74) is 3.35. The first-order chi connectivity index (χ1) is 8.72. The van der Waals surface area contributed by atoms with Gasteiger partial charge in [-0.2, -0.15) is 0 Å². The number of aliphatic hydroxyl groups is 3. The molecular formula is C10H16FN3O5. The fourth-order valence-corrected chi connectivity index (χ4v) is 2.11. The van der Waals surface area contributed by atoms with Gasteiger partial charge in [0.05, 0.1) is 6.17 Å². The number of nitrogens with two attached hydrogens (primary N) is 1. The lowest BCUT2D eigenvalue weighted by atomic mass is 9.95. The fraction of sp³-hybridized carbons (Fsp3) is 0.700. The highest BCUT2D eigenvalue weighted by atomic mass is 19.2. The summed E-state index contributed by atoms with van der Waals surface area (Å²) in [7, 11) is 0. The van der Waals surface area contributed by atoms with Crippen molar-refractivity contribution >= 4 is 6.03 Å². The molecule has 1 unspecified atom stereocenters. The fourth-order valence-electron chi connectivity index (χ4n) is 2.11. The molecule has 9 heteroatoms. The van der Waals surface area contributed by atoms with E-state index in [2.05, 4.69) is 5.32 Å². The Morgan fingerprint density at radius 1 is 1.68 bits per heavy atom. The van der Waals surface area contributed by atoms with Gasteiger partial charge in [0.2, 0.25) is 0 Å². The summed E-state index contributed by atoms with van der Waals surface area (Å²) in [4.78, 5) is 12.6. The van der Waals surface area contributed by atoms with Gasteiger partial charge < -0.3 is 31.1 Å². The van der Waals surface area contributed by atoms with Gasteiger partial charge in [-0.1, -0.05) is 0 Å². The van der Waals surface area contributed by atoms with Crippen molar-refractivity contribution in [2.24, 2.45) is 5.73 Å². The lowest BCUT2D eigenvalue weighted by Gasteiger charge is -2.35. The van der Waals surface area contributed by atoms with Crippen molar-refractivity contribution in [1.29, 1.82) is 0 Å². The first-order valence-electron chi connectivity index (χ1n) is 5.63. The van der Waals surface area contributed by atoms with Gasteiger partial charge in [-0.05, 0) is 13.0 Å². The van der Waals surface area contributed by atoms with E-state index in [1.807, 2.05) is 0 Å². The normalized spacial score (nSPS) is 46.5. The molecule has 0 spiro atoms. The lowest BCUT2D eigenvalue weighted by molar-refractivity contribution is -0.208. The molecule has 0 aromatic carbocycles. The molecule has 5 atom stereocenters. The molecule has 0 aromatic heterocycles. The zero-order valence-electron chi connectivity index (χ0n) is 10.2. The monoisotopic (exact) mass is 277 g/mol. The number of halogens is 1. The van der Waals surface area contributed by atoms with Gasteiger partial charge in [0.15, 0.2) is 6.23 Å². The first-order valence-corrected chi connectivity index (χ1v) is 5.63. The summed E-state index contributed by atoms with van der Waals surface area (Å²) >= 11 is 0. The summed E-state index contributed by atoms with van der Waals surface area (Å²) in [6.45, 7) is -0.0471. The van der Waals surface area contributed by atoms with Gasteiger partial charge in [-0.25, -0.2) is 9.18 Å². The highest BCUT2D eigenvalue weighted by Gasteiger charge is 2.64. The van der Waals surface area contributed by atoms with E-state index < -0.39 is 42.6 Å². The van der Waals surface area contributed by atoms with Gasteiger partial charge in [-0.3, -0.25) is 4.90 Å². The molecule has 2 amide bonds. The summed E-state index contributed by atoms with van der Waals surface area (Å²) in [5, 5.41) is 31.1. The van der Waals surface area contributed by atoms with Crippen molar-refractivity contribution < 1.29 is 29.2 Å². The van der Waals surface area contributed by atoms with Crippen LogP contribution in [-0.2, 0) is 4.74 Å². The number of alkyl halides is 1. The maximum Gasteiger partial charge on any atom is 0.325 e. The van der Waals surface area contributed by atoms with Gasteiger partial charge in [0.25, 0.3) is 5.85 Å². The van der Waals surface area contributed by atoms with Crippen LogP contribution < -0.4 is 11.1 Å². The van der Waals surface area contributed by atoms with E-state index in [9.17, 15) is 19.4 Å². The Kier molecular flexibility index (Phi) is 3.27. The largest absolute Gasteiger partial charge is 0.390 e. The number of nitrogens with one attached hydrogen (secondary N) is 1. The van der Waals surface area contributed by atoms with Gasteiger partial charge in [-0.15, -0.1) is 0 Å². The number of rotatable bonds is 2. The van der Waals surface area contributed by atoms with Crippen molar-refractivity contribution in [3.8, 4) is 0 Å². The number of carbonyl (C=O) groups excluding carboxylic acids is 1. The standard InChI is InChI=1S/C10H16FN3O5/c1-9(18)6(16)10(11,4-15)19-7(9)14-3-2-5(12)13-8(14)17/h2-3,5-7,15-16,18H,4,12H2,1H3,(H,13,17)/t5?,6-,7+,9+,10+/m0/s1. The average molecular weight is 277 g/mol. The Hall–Kier alpha value is -1.26. The molecule has 108 valence electrons. The number of amides is 2. The second-order valence-electron chi connectivity index (χ2n) is 4.77. The average Bonchev–Trinajstić information content (AvgIpc) is 2.51. The number of aliphatic hydroxyl groups excluding tert-OH is 2. The third kappa shape index (κ3) is 2.09. The van der Waals surface area contributed by atoms with Gasteiger partial charge in [0.1, 0.15) is 18.3 Å². The van der Waals surface area contributed by atoms with Crippen LogP contribution >= 0.6 is 0 Å². The topological polar surface area (TPSA) is 128 Å². The van der Waals surface area contributed by atoms with Crippen molar-refractivity contribution in [2.45, 2.75) is 36.9 Å². The number of ether oxygens (including phenoxy) is 1. The van der Waals surface area contributed by atoms with E-state index in [4.69, 9.17) is 15.6 Å².